The van der Waals surface area contributed by atoms with Crippen LogP contribution in [0.4, 0.5) is 31.1 Å². The van der Waals surface area contributed by atoms with Gasteiger partial charge in [-0.1, -0.05) is 54.6 Å². The van der Waals surface area contributed by atoms with Crippen LogP contribution in [0.3, 0.4) is 0 Å². The van der Waals surface area contributed by atoms with E-state index in [4.69, 9.17) is 5.73 Å². The van der Waals surface area contributed by atoms with Crippen LogP contribution in [0.2, 0.25) is 0 Å². The highest BCUT2D eigenvalue weighted by Crippen LogP contribution is 2.39. The van der Waals surface area contributed by atoms with Crippen LogP contribution in [0.15, 0.2) is 78.9 Å². The van der Waals surface area contributed by atoms with E-state index in [1.54, 1.807) is 30.3 Å². The number of carbonyl (C=O) groups is 1. The Labute approximate surface area is 196 Å². The molecule has 0 aliphatic carbocycles. The fourth-order valence-corrected chi connectivity index (χ4v) is 3.80. The number of ether oxygens (including phenoxy) is 2. The van der Waals surface area contributed by atoms with Gasteiger partial charge in [0, 0.05) is 12.0 Å². The number of urea groups is 1. The second-order valence-corrected chi connectivity index (χ2v) is 7.61. The molecular formula is C24H20F6N2O3. The first-order valence-corrected chi connectivity index (χ1v) is 10.2. The summed E-state index contributed by atoms with van der Waals surface area (Å²) < 4.78 is 85.4. The number of benzene rings is 3. The monoisotopic (exact) mass is 498 g/mol. The van der Waals surface area contributed by atoms with E-state index in [1.807, 2.05) is 0 Å². The summed E-state index contributed by atoms with van der Waals surface area (Å²) in [6.45, 7) is -0.248. The van der Waals surface area contributed by atoms with Gasteiger partial charge in [-0.2, -0.15) is 0 Å². The summed E-state index contributed by atoms with van der Waals surface area (Å²) in [7, 11) is 0. The first-order valence-electron chi connectivity index (χ1n) is 10.2. The van der Waals surface area contributed by atoms with Gasteiger partial charge in [-0.15, -0.1) is 26.3 Å². The van der Waals surface area contributed by atoms with Crippen molar-refractivity contribution in [2.75, 3.05) is 6.54 Å². The molecule has 0 heterocycles. The molecule has 0 fully saturated rings. The molecule has 0 saturated carbocycles. The van der Waals surface area contributed by atoms with Crippen LogP contribution in [-0.2, 0) is 11.8 Å². The van der Waals surface area contributed by atoms with E-state index in [2.05, 4.69) is 14.8 Å². The van der Waals surface area contributed by atoms with Gasteiger partial charge in [-0.3, -0.25) is 0 Å². The highest BCUT2D eigenvalue weighted by atomic mass is 19.4. The summed E-state index contributed by atoms with van der Waals surface area (Å²) >= 11 is 0. The summed E-state index contributed by atoms with van der Waals surface area (Å²) in [5, 5.41) is 2.45. The van der Waals surface area contributed by atoms with Gasteiger partial charge in [0.1, 0.15) is 11.5 Å². The fourth-order valence-electron chi connectivity index (χ4n) is 3.80. The van der Waals surface area contributed by atoms with Gasteiger partial charge < -0.3 is 20.5 Å². The highest BCUT2D eigenvalue weighted by Gasteiger charge is 2.38. The Morgan fingerprint density at radius 2 is 1.23 bits per heavy atom. The summed E-state index contributed by atoms with van der Waals surface area (Å²) in [5.74, 6) is -1.07. The molecule has 186 valence electrons. The van der Waals surface area contributed by atoms with E-state index >= 15 is 0 Å². The predicted molar refractivity (Wildman–Crippen MR) is 115 cm³/mol. The minimum Gasteiger partial charge on any atom is -0.406 e. The van der Waals surface area contributed by atoms with Crippen molar-refractivity contribution in [3.05, 3.63) is 95.6 Å². The van der Waals surface area contributed by atoms with Crippen molar-refractivity contribution in [3.8, 4) is 11.5 Å². The molecule has 2 amide bonds. The summed E-state index contributed by atoms with van der Waals surface area (Å²) in [6, 6.07) is 17.8. The van der Waals surface area contributed by atoms with Crippen LogP contribution < -0.4 is 20.5 Å². The molecule has 0 aliphatic heterocycles. The van der Waals surface area contributed by atoms with Crippen molar-refractivity contribution in [1.82, 2.24) is 5.32 Å². The van der Waals surface area contributed by atoms with Gasteiger partial charge in [0.15, 0.2) is 0 Å². The van der Waals surface area contributed by atoms with E-state index in [1.165, 1.54) is 24.3 Å². The Kier molecular flexibility index (Phi) is 7.47. The number of primary amides is 1. The van der Waals surface area contributed by atoms with Gasteiger partial charge in [0.25, 0.3) is 0 Å². The lowest BCUT2D eigenvalue weighted by atomic mass is 9.70. The van der Waals surface area contributed by atoms with Gasteiger partial charge in [-0.25, -0.2) is 4.79 Å². The van der Waals surface area contributed by atoms with Gasteiger partial charge in [0.2, 0.25) is 0 Å². The number of amides is 2. The van der Waals surface area contributed by atoms with Gasteiger partial charge in [0.05, 0.1) is 0 Å². The number of rotatable bonds is 8. The summed E-state index contributed by atoms with van der Waals surface area (Å²) in [4.78, 5) is 11.6. The Morgan fingerprint density at radius 1 is 0.743 bits per heavy atom. The van der Waals surface area contributed by atoms with Crippen LogP contribution >= 0.6 is 0 Å². The average molecular weight is 498 g/mol. The maximum absolute atomic E-state index is 12.9. The van der Waals surface area contributed by atoms with Crippen molar-refractivity contribution in [1.29, 1.82) is 0 Å². The number of halogens is 6. The lowest BCUT2D eigenvalue weighted by molar-refractivity contribution is -0.275. The average Bonchev–Trinajstić information content (AvgIpc) is 2.75. The lowest BCUT2D eigenvalue weighted by Crippen LogP contribution is -2.45. The van der Waals surface area contributed by atoms with E-state index < -0.39 is 35.7 Å². The molecule has 0 aromatic heterocycles. The zero-order valence-electron chi connectivity index (χ0n) is 18.0. The fraction of sp³-hybridized carbons (Fsp3) is 0.208. The number of hydrogen-bond donors (Lipinski definition) is 2. The number of hydrogen-bond acceptors (Lipinski definition) is 3. The highest BCUT2D eigenvalue weighted by molar-refractivity contribution is 5.72. The number of carbonyl (C=O) groups excluding carboxylic acids is 1. The van der Waals surface area contributed by atoms with Crippen LogP contribution in [-0.4, -0.2) is 25.3 Å². The minimum atomic E-state index is -4.97. The Bertz CT molecular complexity index is 1090. The van der Waals surface area contributed by atoms with Crippen molar-refractivity contribution in [2.24, 2.45) is 5.73 Å². The molecule has 0 radical (unpaired) electrons. The molecular weight excluding hydrogens is 478 g/mol. The van der Waals surface area contributed by atoms with Crippen molar-refractivity contribution >= 4 is 6.03 Å². The number of nitrogens with two attached hydrogens (primary N) is 1. The molecule has 0 unspecified atom stereocenters. The lowest BCUT2D eigenvalue weighted by Gasteiger charge is -2.36. The number of nitrogens with one attached hydrogen (secondary N) is 1. The SMILES string of the molecule is NC(=O)NCC(Cc1ccccc1)(c1cccc(OC(F)(F)F)c1)c1cccc(OC(F)(F)F)c1. The van der Waals surface area contributed by atoms with Crippen molar-refractivity contribution < 1.29 is 40.6 Å². The Hall–Kier alpha value is -3.89. The largest absolute Gasteiger partial charge is 0.573 e. The van der Waals surface area contributed by atoms with Crippen LogP contribution in [0.1, 0.15) is 16.7 Å². The van der Waals surface area contributed by atoms with E-state index in [0.717, 1.165) is 24.3 Å². The predicted octanol–water partition coefficient (Wildman–Crippen LogP) is 5.68. The molecule has 0 saturated heterocycles. The molecule has 3 rings (SSSR count). The first-order chi connectivity index (χ1) is 16.4. The second kappa shape index (κ2) is 10.2. The van der Waals surface area contributed by atoms with Crippen LogP contribution in [0.25, 0.3) is 0 Å². The molecule has 0 bridgehead atoms. The molecule has 3 N–H and O–H groups in total. The van der Waals surface area contributed by atoms with Gasteiger partial charge >= 0.3 is 18.8 Å². The standard InChI is InChI=1S/C24H20F6N2O3/c25-23(26,27)34-19-10-4-8-17(12-19)22(15-32-21(31)33,14-16-6-2-1-3-7-16)18-9-5-11-20(13-18)35-24(28,29)30/h1-13H,14-15H2,(H3,31,32,33). The normalized spacial score (nSPS) is 12.2. The van der Waals surface area contributed by atoms with Crippen molar-refractivity contribution in [3.63, 3.8) is 0 Å². The van der Waals surface area contributed by atoms with Gasteiger partial charge in [-0.05, 0) is 47.4 Å². The molecule has 0 spiro atoms. The van der Waals surface area contributed by atoms with Crippen LogP contribution in [0.5, 0.6) is 11.5 Å². The minimum absolute atomic E-state index is 0.0824. The topological polar surface area (TPSA) is 73.6 Å². The third-order valence-corrected chi connectivity index (χ3v) is 5.15. The smallest absolute Gasteiger partial charge is 0.406 e. The van der Waals surface area contributed by atoms with Crippen LogP contribution in [0, 0.1) is 0 Å². The second-order valence-electron chi connectivity index (χ2n) is 7.61. The molecule has 3 aromatic carbocycles. The molecule has 0 aliphatic rings. The maximum Gasteiger partial charge on any atom is 0.573 e. The molecule has 0 atom stereocenters. The molecule has 5 nitrogen and oxygen atoms in total. The molecule has 3 aromatic rings. The zero-order valence-corrected chi connectivity index (χ0v) is 18.0. The van der Waals surface area contributed by atoms with E-state index in [-0.39, 0.29) is 24.1 Å². The maximum atomic E-state index is 12.9. The molecule has 11 heteroatoms. The quantitative estimate of drug-likeness (QED) is 0.393. The summed E-state index contributed by atoms with van der Waals surface area (Å²) in [6.07, 6.45) is -9.85. The Balaban J connectivity index is 2.22. The van der Waals surface area contributed by atoms with E-state index in [0.29, 0.717) is 5.56 Å². The third-order valence-electron chi connectivity index (χ3n) is 5.15. The molecule has 35 heavy (non-hydrogen) atoms. The van der Waals surface area contributed by atoms with E-state index in [9.17, 15) is 31.1 Å². The third kappa shape index (κ3) is 7.29. The van der Waals surface area contributed by atoms with Crippen molar-refractivity contribution in [2.45, 2.75) is 24.6 Å². The zero-order chi connectivity index (χ0) is 25.7. The Morgan fingerprint density at radius 3 is 1.66 bits per heavy atom. The summed E-state index contributed by atoms with van der Waals surface area (Å²) in [5.41, 5.74) is 5.10. The number of alkyl halides is 6. The first kappa shape index (κ1) is 25.7.